The molecule has 32 heavy (non-hydrogen) atoms. The van der Waals surface area contributed by atoms with Crippen molar-refractivity contribution in [2.24, 2.45) is 0 Å². The van der Waals surface area contributed by atoms with E-state index in [-0.39, 0.29) is 4.91 Å². The second-order valence-corrected chi connectivity index (χ2v) is 9.77. The summed E-state index contributed by atoms with van der Waals surface area (Å²) in [5.41, 5.74) is 1.67. The van der Waals surface area contributed by atoms with Crippen LogP contribution in [0.3, 0.4) is 0 Å². The Balaban J connectivity index is 1.83. The van der Waals surface area contributed by atoms with Crippen molar-refractivity contribution in [2.75, 3.05) is 14.2 Å². The van der Waals surface area contributed by atoms with Crippen LogP contribution < -0.4 is 9.47 Å². The van der Waals surface area contributed by atoms with E-state index in [4.69, 9.17) is 9.47 Å². The normalized spacial score (nSPS) is 15.8. The number of rotatable bonds is 7. The maximum atomic E-state index is 12.7. The van der Waals surface area contributed by atoms with Crippen molar-refractivity contribution in [1.82, 2.24) is 4.90 Å². The molecule has 0 bridgehead atoms. The molecule has 1 aliphatic rings. The smallest absolute Gasteiger partial charge is 0.328 e. The number of benzene rings is 2. The van der Waals surface area contributed by atoms with Gasteiger partial charge in [0.1, 0.15) is 12.6 Å². The van der Waals surface area contributed by atoms with Gasteiger partial charge in [-0.2, -0.15) is 0 Å². The summed E-state index contributed by atoms with van der Waals surface area (Å²) in [6.45, 7) is 1.82. The molecule has 0 unspecified atom stereocenters. The van der Waals surface area contributed by atoms with Gasteiger partial charge in [-0.15, -0.1) is 0 Å². The van der Waals surface area contributed by atoms with Gasteiger partial charge in [-0.3, -0.25) is 14.5 Å². The van der Waals surface area contributed by atoms with Crippen LogP contribution in [-0.4, -0.2) is 42.3 Å². The van der Waals surface area contributed by atoms with Gasteiger partial charge in [-0.05, 0) is 82.7 Å². The van der Waals surface area contributed by atoms with Gasteiger partial charge in [0.2, 0.25) is 0 Å². The van der Waals surface area contributed by atoms with Crippen LogP contribution in [0.2, 0.25) is 0 Å². The fourth-order valence-corrected chi connectivity index (χ4v) is 4.89. The standard InChI is InChI=1S/C22H19BrINO6S/c1-12(21(27)30-3)25-20(26)18(32-22(25)28)10-14-8-16(24)19(17(9-14)29-2)31-11-13-4-6-15(23)7-5-13/h4-10,12H,11H2,1-3H3/b18-10+/t12-/m1/s1. The van der Waals surface area contributed by atoms with Gasteiger partial charge in [0.05, 0.1) is 22.7 Å². The topological polar surface area (TPSA) is 82.1 Å². The molecule has 2 aromatic carbocycles. The molecule has 7 nitrogen and oxygen atoms in total. The van der Waals surface area contributed by atoms with Gasteiger partial charge in [0.15, 0.2) is 11.5 Å². The third kappa shape index (κ3) is 5.46. The highest BCUT2D eigenvalue weighted by Gasteiger charge is 2.41. The highest BCUT2D eigenvalue weighted by molar-refractivity contribution is 14.1. The van der Waals surface area contributed by atoms with Gasteiger partial charge in [-0.1, -0.05) is 28.1 Å². The van der Waals surface area contributed by atoms with Crippen LogP contribution in [0.25, 0.3) is 6.08 Å². The molecule has 1 atom stereocenters. The van der Waals surface area contributed by atoms with Crippen molar-refractivity contribution in [3.63, 3.8) is 0 Å². The molecule has 3 rings (SSSR count). The number of carbonyl (C=O) groups excluding carboxylic acids is 3. The van der Waals surface area contributed by atoms with E-state index in [0.29, 0.717) is 23.7 Å². The molecular formula is C22H19BrINO6S. The number of nitrogens with zero attached hydrogens (tertiary/aromatic N) is 1. The Hall–Kier alpha value is -2.05. The molecule has 0 aromatic heterocycles. The lowest BCUT2D eigenvalue weighted by atomic mass is 10.1. The minimum Gasteiger partial charge on any atom is -0.493 e. The third-order valence-electron chi connectivity index (χ3n) is 4.60. The number of ether oxygens (including phenoxy) is 3. The first kappa shape index (κ1) is 24.6. The van der Waals surface area contributed by atoms with Crippen LogP contribution in [-0.2, 0) is 20.9 Å². The zero-order valence-corrected chi connectivity index (χ0v) is 21.9. The number of imide groups is 1. The molecule has 0 radical (unpaired) electrons. The Bertz CT molecular complexity index is 1090. The fourth-order valence-electron chi connectivity index (χ4n) is 2.94. The lowest BCUT2D eigenvalue weighted by molar-refractivity contribution is -0.148. The first-order valence-corrected chi connectivity index (χ1v) is 12.0. The Morgan fingerprint density at radius 3 is 2.53 bits per heavy atom. The predicted octanol–water partition coefficient (Wildman–Crippen LogP) is 5.24. The van der Waals surface area contributed by atoms with E-state index < -0.39 is 23.2 Å². The van der Waals surface area contributed by atoms with E-state index >= 15 is 0 Å². The molecule has 1 fully saturated rings. The summed E-state index contributed by atoms with van der Waals surface area (Å²) < 4.78 is 17.9. The molecular weight excluding hydrogens is 613 g/mol. The Kier molecular flexibility index (Phi) is 8.23. The molecule has 0 saturated carbocycles. The predicted molar refractivity (Wildman–Crippen MR) is 133 cm³/mol. The van der Waals surface area contributed by atoms with E-state index in [1.165, 1.54) is 21.1 Å². The minimum absolute atomic E-state index is 0.215. The molecule has 168 valence electrons. The summed E-state index contributed by atoms with van der Waals surface area (Å²) in [6, 6.07) is 10.4. The van der Waals surface area contributed by atoms with Crippen LogP contribution in [0.15, 0.2) is 45.8 Å². The minimum atomic E-state index is -0.998. The average Bonchev–Trinajstić information content (AvgIpc) is 3.05. The zero-order valence-electron chi connectivity index (χ0n) is 17.4. The number of halogens is 2. The van der Waals surface area contributed by atoms with Gasteiger partial charge in [-0.25, -0.2) is 4.79 Å². The molecule has 1 aliphatic heterocycles. The van der Waals surface area contributed by atoms with E-state index in [2.05, 4.69) is 43.3 Å². The van der Waals surface area contributed by atoms with Crippen molar-refractivity contribution in [3.05, 3.63) is 60.5 Å². The van der Waals surface area contributed by atoms with E-state index in [1.54, 1.807) is 12.1 Å². The van der Waals surface area contributed by atoms with Crippen LogP contribution in [0.1, 0.15) is 18.1 Å². The number of hydrogen-bond donors (Lipinski definition) is 0. The summed E-state index contributed by atoms with van der Waals surface area (Å²) in [7, 11) is 2.75. The Morgan fingerprint density at radius 1 is 1.22 bits per heavy atom. The van der Waals surface area contributed by atoms with Crippen molar-refractivity contribution >= 4 is 73.5 Å². The lowest BCUT2D eigenvalue weighted by Crippen LogP contribution is -2.42. The van der Waals surface area contributed by atoms with Crippen molar-refractivity contribution in [1.29, 1.82) is 0 Å². The Labute approximate surface area is 211 Å². The lowest BCUT2D eigenvalue weighted by Gasteiger charge is -2.18. The molecule has 2 aromatic rings. The molecule has 0 N–H and O–H groups in total. The first-order chi connectivity index (χ1) is 15.2. The molecule has 0 aliphatic carbocycles. The highest BCUT2D eigenvalue weighted by atomic mass is 127. The van der Waals surface area contributed by atoms with Gasteiger partial charge < -0.3 is 14.2 Å². The molecule has 10 heteroatoms. The Morgan fingerprint density at radius 2 is 1.91 bits per heavy atom. The van der Waals surface area contributed by atoms with Gasteiger partial charge in [0, 0.05) is 4.47 Å². The SMILES string of the molecule is COC(=O)[C@@H](C)N1C(=O)S/C(=C/c2cc(I)c(OCc3ccc(Br)cc3)c(OC)c2)C1=O. The third-order valence-corrected chi connectivity index (χ3v) is 6.81. The quantitative estimate of drug-likeness (QED) is 0.235. The van der Waals surface area contributed by atoms with Crippen LogP contribution in [0.4, 0.5) is 4.79 Å². The van der Waals surface area contributed by atoms with Gasteiger partial charge in [0.25, 0.3) is 11.1 Å². The second-order valence-electron chi connectivity index (χ2n) is 6.70. The van der Waals surface area contributed by atoms with Gasteiger partial charge >= 0.3 is 5.97 Å². The van der Waals surface area contributed by atoms with Crippen molar-refractivity contribution in [3.8, 4) is 11.5 Å². The number of amides is 2. The maximum Gasteiger partial charge on any atom is 0.328 e. The highest BCUT2D eigenvalue weighted by Crippen LogP contribution is 2.38. The van der Waals surface area contributed by atoms with Crippen LogP contribution in [0, 0.1) is 3.57 Å². The monoisotopic (exact) mass is 631 g/mol. The fraction of sp³-hybridized carbons (Fsp3) is 0.227. The number of carbonyl (C=O) groups is 3. The number of thioether (sulfide) groups is 1. The largest absolute Gasteiger partial charge is 0.493 e. The molecule has 2 amide bonds. The number of hydrogen-bond acceptors (Lipinski definition) is 7. The number of esters is 1. The van der Waals surface area contributed by atoms with Crippen LogP contribution in [0.5, 0.6) is 11.5 Å². The van der Waals surface area contributed by atoms with Crippen molar-refractivity contribution < 1.29 is 28.6 Å². The molecule has 0 spiro atoms. The van der Waals surface area contributed by atoms with Crippen LogP contribution >= 0.6 is 50.3 Å². The second kappa shape index (κ2) is 10.7. The summed E-state index contributed by atoms with van der Waals surface area (Å²) in [5.74, 6) is -0.109. The summed E-state index contributed by atoms with van der Waals surface area (Å²) in [6.07, 6.45) is 1.60. The van der Waals surface area contributed by atoms with E-state index in [0.717, 1.165) is 30.3 Å². The molecule has 1 heterocycles. The van der Waals surface area contributed by atoms with Crippen molar-refractivity contribution in [2.45, 2.75) is 19.6 Å². The summed E-state index contributed by atoms with van der Waals surface area (Å²) >= 11 is 6.32. The summed E-state index contributed by atoms with van der Waals surface area (Å²) in [4.78, 5) is 37.9. The van der Waals surface area contributed by atoms with E-state index in [1.807, 2.05) is 30.3 Å². The first-order valence-electron chi connectivity index (χ1n) is 9.34. The number of methoxy groups -OCH3 is 2. The average molecular weight is 632 g/mol. The maximum absolute atomic E-state index is 12.7. The molecule has 1 saturated heterocycles. The zero-order chi connectivity index (χ0) is 23.4. The van der Waals surface area contributed by atoms with E-state index in [9.17, 15) is 14.4 Å². The summed E-state index contributed by atoms with van der Waals surface area (Å²) in [5, 5.41) is -0.518.